The second-order valence-corrected chi connectivity index (χ2v) is 5.83. The van der Waals surface area contributed by atoms with E-state index >= 15 is 0 Å². The number of hydrogen-bond acceptors (Lipinski definition) is 4. The van der Waals surface area contributed by atoms with Gasteiger partial charge in [0.2, 0.25) is 0 Å². The van der Waals surface area contributed by atoms with Crippen LogP contribution < -0.4 is 0 Å². The molecule has 1 heterocycles. The highest BCUT2D eigenvalue weighted by molar-refractivity contribution is 7.07. The summed E-state index contributed by atoms with van der Waals surface area (Å²) in [5.41, 5.74) is 2.33. The summed E-state index contributed by atoms with van der Waals surface area (Å²) in [6.45, 7) is 1.71. The minimum absolute atomic E-state index is 0.102. The van der Waals surface area contributed by atoms with Gasteiger partial charge in [-0.25, -0.2) is 4.98 Å². The summed E-state index contributed by atoms with van der Waals surface area (Å²) < 4.78 is 0. The summed E-state index contributed by atoms with van der Waals surface area (Å²) in [6, 6.07) is 0.416. The van der Waals surface area contributed by atoms with Gasteiger partial charge in [-0.15, -0.1) is 11.3 Å². The van der Waals surface area contributed by atoms with Gasteiger partial charge in [-0.1, -0.05) is 12.8 Å². The average Bonchev–Trinajstić information content (AvgIpc) is 3.01. The first-order valence-corrected chi connectivity index (χ1v) is 7.46. The predicted molar refractivity (Wildman–Crippen MR) is 74.0 cm³/mol. The van der Waals surface area contributed by atoms with Gasteiger partial charge in [-0.3, -0.25) is 4.79 Å². The van der Waals surface area contributed by atoms with Crippen molar-refractivity contribution >= 4 is 17.2 Å². The fourth-order valence-electron chi connectivity index (χ4n) is 2.44. The first-order valence-electron chi connectivity index (χ1n) is 6.52. The van der Waals surface area contributed by atoms with Gasteiger partial charge in [-0.05, 0) is 26.9 Å². The lowest BCUT2D eigenvalue weighted by atomic mass is 10.2. The normalized spacial score (nSPS) is 16.4. The molecule has 0 N–H and O–H groups in total. The monoisotopic (exact) mass is 267 g/mol. The fraction of sp³-hybridized carbons (Fsp3) is 0.692. The fourth-order valence-corrected chi connectivity index (χ4v) is 2.96. The van der Waals surface area contributed by atoms with Crippen molar-refractivity contribution in [2.24, 2.45) is 0 Å². The molecule has 18 heavy (non-hydrogen) atoms. The predicted octanol–water partition coefficient (Wildman–Crippen LogP) is 2.09. The van der Waals surface area contributed by atoms with Crippen LogP contribution in [0.25, 0.3) is 0 Å². The summed E-state index contributed by atoms with van der Waals surface area (Å²) in [6.07, 6.45) is 4.77. The smallest absolute Gasteiger partial charge is 0.273 e. The molecule has 0 bridgehead atoms. The topological polar surface area (TPSA) is 36.4 Å². The second-order valence-electron chi connectivity index (χ2n) is 5.11. The third-order valence-corrected chi connectivity index (χ3v) is 4.05. The summed E-state index contributed by atoms with van der Waals surface area (Å²) in [4.78, 5) is 20.8. The molecule has 1 aliphatic carbocycles. The summed E-state index contributed by atoms with van der Waals surface area (Å²) >= 11 is 1.48. The number of nitrogens with zero attached hydrogens (tertiary/aromatic N) is 3. The zero-order chi connectivity index (χ0) is 13.0. The Morgan fingerprint density at radius 3 is 2.67 bits per heavy atom. The molecule has 0 atom stereocenters. The highest BCUT2D eigenvalue weighted by Crippen LogP contribution is 2.24. The number of amides is 1. The van der Waals surface area contributed by atoms with Gasteiger partial charge in [0.15, 0.2) is 0 Å². The molecule has 1 aromatic heterocycles. The van der Waals surface area contributed by atoms with Crippen molar-refractivity contribution in [3.8, 4) is 0 Å². The van der Waals surface area contributed by atoms with E-state index in [1.54, 1.807) is 5.51 Å². The van der Waals surface area contributed by atoms with Crippen molar-refractivity contribution in [3.63, 3.8) is 0 Å². The van der Waals surface area contributed by atoms with Gasteiger partial charge in [-0.2, -0.15) is 0 Å². The van der Waals surface area contributed by atoms with Crippen LogP contribution in [0, 0.1) is 0 Å². The zero-order valence-corrected chi connectivity index (χ0v) is 11.9. The van der Waals surface area contributed by atoms with E-state index < -0.39 is 0 Å². The molecule has 0 aliphatic heterocycles. The minimum atomic E-state index is 0.102. The molecule has 1 amide bonds. The molecule has 1 fully saturated rings. The van der Waals surface area contributed by atoms with Crippen molar-refractivity contribution in [1.82, 2.24) is 14.8 Å². The van der Waals surface area contributed by atoms with Crippen molar-refractivity contribution in [2.45, 2.75) is 31.7 Å². The highest BCUT2D eigenvalue weighted by Gasteiger charge is 2.27. The first kappa shape index (κ1) is 13.5. The molecular weight excluding hydrogens is 246 g/mol. The van der Waals surface area contributed by atoms with Crippen LogP contribution in [0.1, 0.15) is 36.2 Å². The van der Waals surface area contributed by atoms with Crippen molar-refractivity contribution < 1.29 is 4.79 Å². The molecule has 100 valence electrons. The van der Waals surface area contributed by atoms with Crippen LogP contribution in [0.4, 0.5) is 0 Å². The number of carbonyl (C=O) groups excluding carboxylic acids is 1. The lowest BCUT2D eigenvalue weighted by molar-refractivity contribution is 0.0662. The molecule has 0 radical (unpaired) electrons. The lowest BCUT2D eigenvalue weighted by Crippen LogP contribution is -2.42. The SMILES string of the molecule is CN(C)CCN(C(=O)c1cscn1)C1CCCC1. The van der Waals surface area contributed by atoms with Gasteiger partial charge in [0.25, 0.3) is 5.91 Å². The van der Waals surface area contributed by atoms with Crippen LogP contribution >= 0.6 is 11.3 Å². The van der Waals surface area contributed by atoms with E-state index in [1.165, 1.54) is 24.2 Å². The third kappa shape index (κ3) is 3.29. The maximum Gasteiger partial charge on any atom is 0.273 e. The number of rotatable bonds is 5. The molecule has 5 heteroatoms. The number of carbonyl (C=O) groups is 1. The van der Waals surface area contributed by atoms with E-state index in [1.807, 2.05) is 24.4 Å². The Morgan fingerprint density at radius 1 is 1.39 bits per heavy atom. The Bertz CT molecular complexity index is 372. The summed E-state index contributed by atoms with van der Waals surface area (Å²) in [5.74, 6) is 0.102. The van der Waals surface area contributed by atoms with Crippen molar-refractivity contribution in [3.05, 3.63) is 16.6 Å². The molecule has 1 aliphatic rings. The molecule has 2 rings (SSSR count). The molecule has 0 saturated heterocycles. The van der Waals surface area contributed by atoms with Crippen LogP contribution in [0.15, 0.2) is 10.9 Å². The Kier molecular flexibility index (Phi) is 4.72. The number of aromatic nitrogens is 1. The van der Waals surface area contributed by atoms with Gasteiger partial charge in [0.05, 0.1) is 5.51 Å². The van der Waals surface area contributed by atoms with Crippen LogP contribution in [0.5, 0.6) is 0 Å². The minimum Gasteiger partial charge on any atom is -0.333 e. The number of hydrogen-bond donors (Lipinski definition) is 0. The van der Waals surface area contributed by atoms with E-state index in [4.69, 9.17) is 0 Å². The Morgan fingerprint density at radius 2 is 2.11 bits per heavy atom. The van der Waals surface area contributed by atoms with E-state index in [0.717, 1.165) is 25.9 Å². The summed E-state index contributed by atoms with van der Waals surface area (Å²) in [7, 11) is 4.08. The third-order valence-electron chi connectivity index (χ3n) is 3.47. The molecule has 4 nitrogen and oxygen atoms in total. The number of thiazole rings is 1. The Hall–Kier alpha value is -0.940. The Balaban J connectivity index is 2.05. The Labute approximate surface area is 113 Å². The molecule has 1 saturated carbocycles. The molecular formula is C13H21N3OS. The van der Waals surface area contributed by atoms with Crippen LogP contribution in [0.3, 0.4) is 0 Å². The molecule has 0 unspecified atom stereocenters. The quantitative estimate of drug-likeness (QED) is 0.819. The van der Waals surface area contributed by atoms with Crippen LogP contribution in [-0.4, -0.2) is 53.9 Å². The zero-order valence-electron chi connectivity index (χ0n) is 11.1. The van der Waals surface area contributed by atoms with E-state index in [0.29, 0.717) is 11.7 Å². The van der Waals surface area contributed by atoms with E-state index in [9.17, 15) is 4.79 Å². The largest absolute Gasteiger partial charge is 0.333 e. The van der Waals surface area contributed by atoms with Crippen molar-refractivity contribution in [2.75, 3.05) is 27.2 Å². The maximum absolute atomic E-state index is 12.5. The summed E-state index contributed by atoms with van der Waals surface area (Å²) in [5, 5.41) is 1.85. The van der Waals surface area contributed by atoms with Crippen molar-refractivity contribution in [1.29, 1.82) is 0 Å². The maximum atomic E-state index is 12.5. The van der Waals surface area contributed by atoms with E-state index in [-0.39, 0.29) is 5.91 Å². The molecule has 1 aromatic rings. The second kappa shape index (κ2) is 6.29. The van der Waals surface area contributed by atoms with Gasteiger partial charge in [0, 0.05) is 24.5 Å². The van der Waals surface area contributed by atoms with Gasteiger partial charge >= 0.3 is 0 Å². The first-order chi connectivity index (χ1) is 8.68. The van der Waals surface area contributed by atoms with E-state index in [2.05, 4.69) is 9.88 Å². The van der Waals surface area contributed by atoms with Gasteiger partial charge < -0.3 is 9.80 Å². The van der Waals surface area contributed by atoms with Gasteiger partial charge in [0.1, 0.15) is 5.69 Å². The molecule has 0 spiro atoms. The standard InChI is InChI=1S/C13H21N3OS/c1-15(2)7-8-16(11-5-3-4-6-11)13(17)12-9-18-10-14-12/h9-11H,3-8H2,1-2H3. The average molecular weight is 267 g/mol. The van der Waals surface area contributed by atoms with Crippen LogP contribution in [-0.2, 0) is 0 Å². The number of likely N-dealkylation sites (N-methyl/N-ethyl adjacent to an activating group) is 1. The lowest BCUT2D eigenvalue weighted by Gasteiger charge is -2.29. The van der Waals surface area contributed by atoms with Crippen LogP contribution in [0.2, 0.25) is 0 Å². The molecule has 0 aromatic carbocycles. The highest BCUT2D eigenvalue weighted by atomic mass is 32.1.